The maximum absolute atomic E-state index is 12.0. The molecule has 1 aromatic heterocycles. The Hall–Kier alpha value is -1.88. The van der Waals surface area contributed by atoms with Gasteiger partial charge >= 0.3 is 6.03 Å². The Morgan fingerprint density at radius 3 is 2.70 bits per heavy atom. The molecule has 23 heavy (non-hydrogen) atoms. The fourth-order valence-electron chi connectivity index (χ4n) is 2.76. The van der Waals surface area contributed by atoms with Gasteiger partial charge in [0.05, 0.1) is 5.69 Å². The fourth-order valence-corrected chi connectivity index (χ4v) is 3.62. The molecular weight excluding hydrogens is 306 g/mol. The van der Waals surface area contributed by atoms with Gasteiger partial charge in [0.1, 0.15) is 5.01 Å². The smallest absolute Gasteiger partial charge is 0.317 e. The van der Waals surface area contributed by atoms with Crippen molar-refractivity contribution in [2.75, 3.05) is 19.6 Å². The molecule has 1 aliphatic rings. The summed E-state index contributed by atoms with van der Waals surface area (Å²) in [6.45, 7) is 4.51. The van der Waals surface area contributed by atoms with Crippen molar-refractivity contribution in [3.8, 4) is 10.6 Å². The van der Waals surface area contributed by atoms with Crippen molar-refractivity contribution in [3.05, 3.63) is 40.9 Å². The highest BCUT2D eigenvalue weighted by Gasteiger charge is 2.15. The first-order chi connectivity index (χ1) is 11.2. The summed E-state index contributed by atoms with van der Waals surface area (Å²) in [5, 5.41) is 6.14. The Morgan fingerprint density at radius 2 is 1.96 bits per heavy atom. The second kappa shape index (κ2) is 7.59. The van der Waals surface area contributed by atoms with Gasteiger partial charge in [0, 0.05) is 37.0 Å². The van der Waals surface area contributed by atoms with Gasteiger partial charge in [0.25, 0.3) is 0 Å². The lowest BCUT2D eigenvalue weighted by Crippen LogP contribution is -2.43. The zero-order valence-electron chi connectivity index (χ0n) is 13.5. The first kappa shape index (κ1) is 16.0. The van der Waals surface area contributed by atoms with Gasteiger partial charge in [0.15, 0.2) is 0 Å². The molecule has 1 saturated heterocycles. The fraction of sp³-hybridized carbons (Fsp3) is 0.444. The number of aryl methyl sites for hydroxylation is 1. The number of urea groups is 1. The quantitative estimate of drug-likeness (QED) is 0.926. The Kier molecular flexibility index (Phi) is 5.28. The van der Waals surface area contributed by atoms with Crippen molar-refractivity contribution >= 4 is 17.4 Å². The van der Waals surface area contributed by atoms with Gasteiger partial charge in [-0.25, -0.2) is 9.78 Å². The average Bonchev–Trinajstić information content (AvgIpc) is 3.05. The van der Waals surface area contributed by atoms with E-state index in [9.17, 15) is 4.79 Å². The molecule has 0 atom stereocenters. The predicted octanol–water partition coefficient (Wildman–Crippen LogP) is 3.86. The zero-order chi connectivity index (χ0) is 16.1. The molecule has 0 aliphatic carbocycles. The maximum atomic E-state index is 12.0. The Labute approximate surface area is 141 Å². The number of nitrogens with one attached hydrogen (secondary N) is 1. The number of aromatic nitrogens is 1. The summed E-state index contributed by atoms with van der Waals surface area (Å²) in [6, 6.07) is 8.50. The van der Waals surface area contributed by atoms with Gasteiger partial charge in [-0.1, -0.05) is 29.8 Å². The van der Waals surface area contributed by atoms with Crippen LogP contribution in [0.25, 0.3) is 10.6 Å². The van der Waals surface area contributed by atoms with E-state index >= 15 is 0 Å². The molecule has 0 unspecified atom stereocenters. The van der Waals surface area contributed by atoms with Gasteiger partial charge in [-0.3, -0.25) is 0 Å². The molecule has 1 aromatic carbocycles. The van der Waals surface area contributed by atoms with Crippen LogP contribution in [0.15, 0.2) is 29.6 Å². The van der Waals surface area contributed by atoms with Gasteiger partial charge in [-0.2, -0.15) is 0 Å². The Bertz CT molecular complexity index is 645. The van der Waals surface area contributed by atoms with E-state index in [4.69, 9.17) is 0 Å². The Balaban J connectivity index is 1.49. The lowest BCUT2D eigenvalue weighted by Gasteiger charge is -2.26. The van der Waals surface area contributed by atoms with Gasteiger partial charge in [-0.15, -0.1) is 11.3 Å². The summed E-state index contributed by atoms with van der Waals surface area (Å²) in [6.07, 6.45) is 4.27. The van der Waals surface area contributed by atoms with Gasteiger partial charge in [-0.05, 0) is 26.2 Å². The lowest BCUT2D eigenvalue weighted by molar-refractivity contribution is 0.186. The van der Waals surface area contributed by atoms with Crippen molar-refractivity contribution in [1.82, 2.24) is 15.2 Å². The second-order valence-electron chi connectivity index (χ2n) is 6.04. The van der Waals surface area contributed by atoms with Crippen molar-refractivity contribution in [2.24, 2.45) is 0 Å². The third kappa shape index (κ3) is 4.32. The lowest BCUT2D eigenvalue weighted by atomic mass is 10.1. The maximum Gasteiger partial charge on any atom is 0.317 e. The van der Waals surface area contributed by atoms with Crippen LogP contribution in [-0.2, 0) is 6.42 Å². The number of nitrogens with zero attached hydrogens (tertiary/aromatic N) is 2. The molecule has 0 bridgehead atoms. The second-order valence-corrected chi connectivity index (χ2v) is 6.90. The zero-order valence-corrected chi connectivity index (χ0v) is 14.4. The summed E-state index contributed by atoms with van der Waals surface area (Å²) < 4.78 is 0. The third-order valence-corrected chi connectivity index (χ3v) is 5.09. The normalized spacial score (nSPS) is 14.7. The van der Waals surface area contributed by atoms with Crippen LogP contribution in [0.5, 0.6) is 0 Å². The average molecular weight is 329 g/mol. The number of amides is 2. The number of benzene rings is 1. The number of carbonyl (C=O) groups excluding carboxylic acids is 1. The number of hydrogen-bond acceptors (Lipinski definition) is 3. The predicted molar refractivity (Wildman–Crippen MR) is 94.8 cm³/mol. The van der Waals surface area contributed by atoms with Crippen LogP contribution in [0.4, 0.5) is 4.79 Å². The topological polar surface area (TPSA) is 45.2 Å². The van der Waals surface area contributed by atoms with Crippen molar-refractivity contribution in [3.63, 3.8) is 0 Å². The molecule has 3 rings (SSSR count). The van der Waals surface area contributed by atoms with E-state index in [-0.39, 0.29) is 6.03 Å². The molecule has 2 heterocycles. The molecule has 1 N–H and O–H groups in total. The van der Waals surface area contributed by atoms with Gasteiger partial charge in [0.2, 0.25) is 0 Å². The minimum atomic E-state index is 0.0682. The largest absolute Gasteiger partial charge is 0.338 e. The highest BCUT2D eigenvalue weighted by Crippen LogP contribution is 2.24. The minimum absolute atomic E-state index is 0.0682. The SMILES string of the molecule is Cc1ccc(-c2nc(CCNC(=O)N3CCCCC3)cs2)cc1. The molecule has 0 radical (unpaired) electrons. The number of carbonyl (C=O) groups is 1. The molecule has 0 spiro atoms. The highest BCUT2D eigenvalue weighted by molar-refractivity contribution is 7.13. The van der Waals surface area contributed by atoms with E-state index in [1.54, 1.807) is 11.3 Å². The van der Waals surface area contributed by atoms with E-state index < -0.39 is 0 Å². The van der Waals surface area contributed by atoms with E-state index in [1.165, 1.54) is 12.0 Å². The van der Waals surface area contributed by atoms with Crippen LogP contribution >= 0.6 is 11.3 Å². The summed E-state index contributed by atoms with van der Waals surface area (Å²) in [5.74, 6) is 0. The summed E-state index contributed by atoms with van der Waals surface area (Å²) in [4.78, 5) is 18.6. The molecule has 5 heteroatoms. The van der Waals surface area contributed by atoms with Crippen LogP contribution in [0.2, 0.25) is 0 Å². The standard InChI is InChI=1S/C18H23N3OS/c1-14-5-7-15(8-6-14)17-20-16(13-23-17)9-10-19-18(22)21-11-3-2-4-12-21/h5-8,13H,2-4,9-12H2,1H3,(H,19,22). The highest BCUT2D eigenvalue weighted by atomic mass is 32.1. The number of rotatable bonds is 4. The molecule has 0 saturated carbocycles. The van der Waals surface area contributed by atoms with Crippen LogP contribution in [-0.4, -0.2) is 35.5 Å². The summed E-state index contributed by atoms with van der Waals surface area (Å²) >= 11 is 1.66. The van der Waals surface area contributed by atoms with Crippen LogP contribution in [0.3, 0.4) is 0 Å². The molecule has 2 aromatic rings. The van der Waals surface area contributed by atoms with E-state index in [2.05, 4.69) is 46.9 Å². The first-order valence-corrected chi connectivity index (χ1v) is 9.14. The van der Waals surface area contributed by atoms with Crippen molar-refractivity contribution in [2.45, 2.75) is 32.6 Å². The number of thiazole rings is 1. The van der Waals surface area contributed by atoms with Crippen LogP contribution in [0.1, 0.15) is 30.5 Å². The van der Waals surface area contributed by atoms with Crippen molar-refractivity contribution < 1.29 is 4.79 Å². The van der Waals surface area contributed by atoms with Gasteiger partial charge < -0.3 is 10.2 Å². The minimum Gasteiger partial charge on any atom is -0.338 e. The molecule has 4 nitrogen and oxygen atoms in total. The summed E-state index contributed by atoms with van der Waals surface area (Å²) in [5.41, 5.74) is 3.46. The van der Waals surface area contributed by atoms with E-state index in [0.29, 0.717) is 6.54 Å². The third-order valence-electron chi connectivity index (χ3n) is 4.15. The summed E-state index contributed by atoms with van der Waals surface area (Å²) in [7, 11) is 0. The van der Waals surface area contributed by atoms with Crippen LogP contribution in [0, 0.1) is 6.92 Å². The Morgan fingerprint density at radius 1 is 1.22 bits per heavy atom. The molecule has 2 amide bonds. The first-order valence-electron chi connectivity index (χ1n) is 8.26. The molecule has 1 fully saturated rings. The number of piperidine rings is 1. The molecule has 122 valence electrons. The van der Waals surface area contributed by atoms with Crippen molar-refractivity contribution in [1.29, 1.82) is 0 Å². The number of likely N-dealkylation sites (tertiary alicyclic amines) is 1. The van der Waals surface area contributed by atoms with E-state index in [1.807, 2.05) is 4.90 Å². The monoisotopic (exact) mass is 329 g/mol. The molecule has 1 aliphatic heterocycles. The van der Waals surface area contributed by atoms with E-state index in [0.717, 1.165) is 48.6 Å². The molecular formula is C18H23N3OS. The van der Waals surface area contributed by atoms with Crippen LogP contribution < -0.4 is 5.32 Å². The number of hydrogen-bond donors (Lipinski definition) is 1.